The molecule has 4 heteroatoms. The maximum absolute atomic E-state index is 6.28. The van der Waals surface area contributed by atoms with Crippen LogP contribution >= 0.6 is 0 Å². The Hall–Kier alpha value is 0.0969. The van der Waals surface area contributed by atoms with Crippen LogP contribution in [0.25, 0.3) is 0 Å². The van der Waals surface area contributed by atoms with Crippen LogP contribution < -0.4 is 5.32 Å². The molecule has 0 unspecified atom stereocenters. The van der Waals surface area contributed by atoms with E-state index >= 15 is 0 Å². The first-order chi connectivity index (χ1) is 6.22. The molecule has 14 heavy (non-hydrogen) atoms. The zero-order valence-electron chi connectivity index (χ0n) is 10.2. The normalized spacial score (nSPS) is 21.9. The quantitative estimate of drug-likeness (QED) is 0.579. The molecule has 0 aromatic carbocycles. The molecule has 1 N–H and O–H groups in total. The predicted molar refractivity (Wildman–Crippen MR) is 60.9 cm³/mol. The van der Waals surface area contributed by atoms with Gasteiger partial charge in [0.1, 0.15) is 0 Å². The summed E-state index contributed by atoms with van der Waals surface area (Å²) in [6, 6.07) is 0. The van der Waals surface area contributed by atoms with Crippen LogP contribution in [-0.4, -0.2) is 34.3 Å². The third kappa shape index (κ3) is 2.19. The largest absolute Gasteiger partial charge is 0.395 e. The van der Waals surface area contributed by atoms with E-state index in [0.29, 0.717) is 13.2 Å². The van der Waals surface area contributed by atoms with Crippen molar-refractivity contribution in [2.45, 2.75) is 44.6 Å². The van der Waals surface area contributed by atoms with Crippen molar-refractivity contribution in [3.8, 4) is 0 Å². The van der Waals surface area contributed by atoms with E-state index in [0.717, 1.165) is 0 Å². The van der Waals surface area contributed by atoms with Crippen LogP contribution in [-0.2, 0) is 9.16 Å². The molecule has 1 saturated heterocycles. The van der Waals surface area contributed by atoms with Gasteiger partial charge in [-0.3, -0.25) is 5.32 Å². The first-order valence-electron chi connectivity index (χ1n) is 5.19. The first-order valence-corrected chi connectivity index (χ1v) is 8.10. The van der Waals surface area contributed by atoms with Crippen molar-refractivity contribution in [3.63, 3.8) is 0 Å². The van der Waals surface area contributed by atoms with Gasteiger partial charge in [-0.05, 0) is 25.2 Å². The molecule has 0 atom stereocenters. The molecular formula is C10H23NO2Si. The van der Waals surface area contributed by atoms with E-state index < -0.39 is 8.32 Å². The van der Waals surface area contributed by atoms with Crippen LogP contribution in [0.15, 0.2) is 0 Å². The van der Waals surface area contributed by atoms with Crippen LogP contribution in [0.1, 0.15) is 20.8 Å². The summed E-state index contributed by atoms with van der Waals surface area (Å²) in [4.78, 5) is 0. The Kier molecular flexibility index (Phi) is 3.12. The Labute approximate surface area is 88.3 Å². The van der Waals surface area contributed by atoms with Gasteiger partial charge in [0.25, 0.3) is 0 Å². The average Bonchev–Trinajstić information content (AvgIpc) is 1.94. The molecular weight excluding hydrogens is 194 g/mol. The summed E-state index contributed by atoms with van der Waals surface area (Å²) in [6.45, 7) is 12.6. The van der Waals surface area contributed by atoms with Gasteiger partial charge >= 0.3 is 0 Å². The minimum Gasteiger partial charge on any atom is -0.395 e. The number of nitrogens with one attached hydrogen (secondary N) is 1. The van der Waals surface area contributed by atoms with Gasteiger partial charge in [0.2, 0.25) is 0 Å². The zero-order valence-corrected chi connectivity index (χ0v) is 11.2. The number of rotatable bonds is 3. The fourth-order valence-electron chi connectivity index (χ4n) is 1.18. The molecule has 1 rings (SSSR count). The molecule has 3 nitrogen and oxygen atoms in total. The molecule has 1 aliphatic heterocycles. The summed E-state index contributed by atoms with van der Waals surface area (Å²) < 4.78 is 11.5. The summed E-state index contributed by atoms with van der Waals surface area (Å²) in [7, 11) is 0.267. The van der Waals surface area contributed by atoms with E-state index in [4.69, 9.17) is 9.16 Å². The second-order valence-electron chi connectivity index (χ2n) is 5.60. The maximum Gasteiger partial charge on any atom is 0.194 e. The zero-order chi connectivity index (χ0) is 11.0. The highest BCUT2D eigenvalue weighted by molar-refractivity contribution is 6.74. The highest BCUT2D eigenvalue weighted by Crippen LogP contribution is 2.39. The Morgan fingerprint density at radius 2 is 1.79 bits per heavy atom. The fraction of sp³-hybridized carbons (Fsp3) is 1.00. The van der Waals surface area contributed by atoms with Crippen LogP contribution in [0.2, 0.25) is 18.1 Å². The number of ether oxygens (including phenoxy) is 1. The molecule has 0 spiro atoms. The molecule has 0 bridgehead atoms. The standard InChI is InChI=1S/C10H23NO2Si/c1-9(2,3)14(5,6)13-10(11-4)7-12-8-10/h11H,7-8H2,1-6H3. The molecule has 84 valence electrons. The SMILES string of the molecule is CNC1(O[Si](C)(C)C(C)(C)C)COC1. The van der Waals surface area contributed by atoms with Crippen molar-refractivity contribution in [1.29, 1.82) is 0 Å². The van der Waals surface area contributed by atoms with E-state index in [2.05, 4.69) is 39.2 Å². The van der Waals surface area contributed by atoms with Crippen molar-refractivity contribution in [2.24, 2.45) is 0 Å². The van der Waals surface area contributed by atoms with Gasteiger partial charge in [-0.15, -0.1) is 0 Å². The smallest absolute Gasteiger partial charge is 0.194 e. The van der Waals surface area contributed by atoms with Crippen molar-refractivity contribution >= 4 is 8.32 Å². The molecule has 1 heterocycles. The van der Waals surface area contributed by atoms with Gasteiger partial charge in [0, 0.05) is 0 Å². The second kappa shape index (κ2) is 3.59. The van der Waals surface area contributed by atoms with Gasteiger partial charge in [-0.25, -0.2) is 0 Å². The second-order valence-corrected chi connectivity index (χ2v) is 10.3. The minimum atomic E-state index is -1.67. The van der Waals surface area contributed by atoms with Gasteiger partial charge in [0.15, 0.2) is 14.0 Å². The third-order valence-electron chi connectivity index (χ3n) is 3.38. The molecule has 0 radical (unpaired) electrons. The van der Waals surface area contributed by atoms with E-state index in [1.54, 1.807) is 0 Å². The number of hydrogen-bond donors (Lipinski definition) is 1. The highest BCUT2D eigenvalue weighted by atomic mass is 28.4. The Morgan fingerprint density at radius 3 is 2.00 bits per heavy atom. The molecule has 0 aliphatic carbocycles. The monoisotopic (exact) mass is 217 g/mol. The van der Waals surface area contributed by atoms with Gasteiger partial charge in [0.05, 0.1) is 13.2 Å². The predicted octanol–water partition coefficient (Wildman–Crippen LogP) is 1.95. The van der Waals surface area contributed by atoms with Crippen LogP contribution in [0.3, 0.4) is 0 Å². The summed E-state index contributed by atoms with van der Waals surface area (Å²) in [5.74, 6) is 0. The van der Waals surface area contributed by atoms with Gasteiger partial charge in [-0.1, -0.05) is 20.8 Å². The van der Waals surface area contributed by atoms with E-state index in [9.17, 15) is 0 Å². The fourth-order valence-corrected chi connectivity index (χ4v) is 2.69. The molecule has 0 aromatic rings. The summed E-state index contributed by atoms with van der Waals surface area (Å²) in [6.07, 6.45) is 0. The number of hydrogen-bond acceptors (Lipinski definition) is 3. The summed E-state index contributed by atoms with van der Waals surface area (Å²) in [5, 5.41) is 3.49. The van der Waals surface area contributed by atoms with Crippen molar-refractivity contribution < 1.29 is 9.16 Å². The Morgan fingerprint density at radius 1 is 1.29 bits per heavy atom. The third-order valence-corrected chi connectivity index (χ3v) is 7.90. The Balaban J connectivity index is 2.66. The summed E-state index contributed by atoms with van der Waals surface area (Å²) >= 11 is 0. The average molecular weight is 217 g/mol. The first kappa shape index (κ1) is 12.2. The minimum absolute atomic E-state index is 0.205. The summed E-state index contributed by atoms with van der Waals surface area (Å²) in [5.41, 5.74) is -0.205. The lowest BCUT2D eigenvalue weighted by atomic mass is 10.2. The van der Waals surface area contributed by atoms with E-state index in [1.807, 2.05) is 7.05 Å². The van der Waals surface area contributed by atoms with Gasteiger partial charge < -0.3 is 9.16 Å². The van der Waals surface area contributed by atoms with Crippen molar-refractivity contribution in [3.05, 3.63) is 0 Å². The number of likely N-dealkylation sites (N-methyl/N-ethyl adjacent to an activating group) is 1. The lowest BCUT2D eigenvalue weighted by Gasteiger charge is -2.49. The van der Waals surface area contributed by atoms with Crippen LogP contribution in [0.5, 0.6) is 0 Å². The van der Waals surface area contributed by atoms with E-state index in [-0.39, 0.29) is 10.8 Å². The highest BCUT2D eigenvalue weighted by Gasteiger charge is 2.48. The molecule has 1 aliphatic rings. The van der Waals surface area contributed by atoms with Crippen LogP contribution in [0.4, 0.5) is 0 Å². The van der Waals surface area contributed by atoms with Crippen molar-refractivity contribution in [2.75, 3.05) is 20.3 Å². The topological polar surface area (TPSA) is 30.5 Å². The molecule has 0 amide bonds. The molecule has 0 aromatic heterocycles. The van der Waals surface area contributed by atoms with Crippen LogP contribution in [0, 0.1) is 0 Å². The Bertz CT molecular complexity index is 201. The lowest BCUT2D eigenvalue weighted by Crippen LogP contribution is -2.66. The molecule has 0 saturated carbocycles. The maximum atomic E-state index is 6.28. The van der Waals surface area contributed by atoms with Crippen molar-refractivity contribution in [1.82, 2.24) is 5.32 Å². The molecule has 1 fully saturated rings. The van der Waals surface area contributed by atoms with Gasteiger partial charge in [-0.2, -0.15) is 0 Å². The van der Waals surface area contributed by atoms with E-state index in [1.165, 1.54) is 0 Å². The lowest BCUT2D eigenvalue weighted by molar-refractivity contribution is -0.182.